The Morgan fingerprint density at radius 2 is 1.90 bits per heavy atom. The lowest BCUT2D eigenvalue weighted by Gasteiger charge is -2.32. The molecule has 7 nitrogen and oxygen atoms in total. The minimum absolute atomic E-state index is 0.0726. The van der Waals surface area contributed by atoms with E-state index in [2.05, 4.69) is 13.8 Å². The van der Waals surface area contributed by atoms with Crippen LogP contribution in [0.2, 0.25) is 0 Å². The molecular weight excluding hydrogens is 390 g/mol. The Kier molecular flexibility index (Phi) is 6.86. The summed E-state index contributed by atoms with van der Waals surface area (Å²) in [5.41, 5.74) is 0. The predicted octanol–water partition coefficient (Wildman–Crippen LogP) is 2.04. The van der Waals surface area contributed by atoms with E-state index in [0.717, 1.165) is 6.42 Å². The van der Waals surface area contributed by atoms with Crippen LogP contribution >= 0.6 is 0 Å². The standard InChI is InChI=1S/C21H33N3O4S/c1-16(2)9-14-24-17-10-12-23(21(25)15-22(3)4)13-11-18(17)28-19-7-5-6-8-20(19)29(24,26)27/h5-8,16-18H,9-15H2,1-4H3/t17-,18-/m1/s1. The summed E-state index contributed by atoms with van der Waals surface area (Å²) in [7, 11) is 0.0882. The Bertz CT molecular complexity index is 825. The van der Waals surface area contributed by atoms with Crippen LogP contribution in [0.4, 0.5) is 0 Å². The van der Waals surface area contributed by atoms with Gasteiger partial charge in [-0.2, -0.15) is 4.31 Å². The van der Waals surface area contributed by atoms with Crippen LogP contribution < -0.4 is 4.74 Å². The van der Waals surface area contributed by atoms with E-state index in [1.807, 2.05) is 23.9 Å². The summed E-state index contributed by atoms with van der Waals surface area (Å²) >= 11 is 0. The van der Waals surface area contributed by atoms with Gasteiger partial charge in [-0.25, -0.2) is 8.42 Å². The SMILES string of the molecule is CC(C)CCN1[C@@H]2CCN(C(=O)CN(C)C)CC[C@H]2Oc2ccccc2S1(=O)=O. The van der Waals surface area contributed by atoms with Crippen molar-refractivity contribution in [2.24, 2.45) is 5.92 Å². The Balaban J connectivity index is 1.92. The Morgan fingerprint density at radius 1 is 1.21 bits per heavy atom. The first-order valence-electron chi connectivity index (χ1n) is 10.4. The number of hydrogen-bond donors (Lipinski definition) is 0. The smallest absolute Gasteiger partial charge is 0.247 e. The number of para-hydroxylation sites is 1. The highest BCUT2D eigenvalue weighted by atomic mass is 32.2. The summed E-state index contributed by atoms with van der Waals surface area (Å²) in [6.07, 6.45) is 1.72. The topological polar surface area (TPSA) is 70.2 Å². The number of amides is 1. The molecule has 0 radical (unpaired) electrons. The lowest BCUT2D eigenvalue weighted by molar-refractivity contribution is -0.131. The van der Waals surface area contributed by atoms with Gasteiger partial charge in [-0.05, 0) is 45.0 Å². The zero-order valence-corrected chi connectivity index (χ0v) is 18.7. The highest BCUT2D eigenvalue weighted by Gasteiger charge is 2.43. The summed E-state index contributed by atoms with van der Waals surface area (Å²) < 4.78 is 34.9. The number of likely N-dealkylation sites (N-methyl/N-ethyl adjacent to an activating group) is 1. The maximum absolute atomic E-state index is 13.5. The zero-order valence-electron chi connectivity index (χ0n) is 17.9. The van der Waals surface area contributed by atoms with E-state index in [1.54, 1.807) is 28.6 Å². The highest BCUT2D eigenvalue weighted by Crippen LogP contribution is 2.36. The van der Waals surface area contributed by atoms with Gasteiger partial charge in [0.15, 0.2) is 0 Å². The number of fused-ring (bicyclic) bond motifs is 2. The molecule has 162 valence electrons. The second-order valence-electron chi connectivity index (χ2n) is 8.66. The summed E-state index contributed by atoms with van der Waals surface area (Å²) in [5.74, 6) is 0.887. The fourth-order valence-electron chi connectivity index (χ4n) is 4.05. The van der Waals surface area contributed by atoms with Crippen LogP contribution in [0.25, 0.3) is 0 Å². The number of ether oxygens (including phenoxy) is 1. The van der Waals surface area contributed by atoms with Crippen molar-refractivity contribution in [1.82, 2.24) is 14.1 Å². The van der Waals surface area contributed by atoms with E-state index in [-0.39, 0.29) is 22.9 Å². The van der Waals surface area contributed by atoms with Crippen LogP contribution in [0, 0.1) is 5.92 Å². The van der Waals surface area contributed by atoms with Gasteiger partial charge in [0, 0.05) is 26.1 Å². The second kappa shape index (κ2) is 9.02. The molecule has 0 spiro atoms. The fraction of sp³-hybridized carbons (Fsp3) is 0.667. The number of rotatable bonds is 5. The van der Waals surface area contributed by atoms with Crippen LogP contribution in [0.3, 0.4) is 0 Å². The van der Waals surface area contributed by atoms with Crippen molar-refractivity contribution in [2.45, 2.75) is 50.2 Å². The number of carbonyl (C=O) groups excluding carboxylic acids is 1. The van der Waals surface area contributed by atoms with E-state index in [9.17, 15) is 13.2 Å². The molecule has 0 N–H and O–H groups in total. The highest BCUT2D eigenvalue weighted by molar-refractivity contribution is 7.89. The van der Waals surface area contributed by atoms with E-state index in [0.29, 0.717) is 50.7 Å². The zero-order chi connectivity index (χ0) is 21.2. The fourth-order valence-corrected chi connectivity index (χ4v) is 5.86. The van der Waals surface area contributed by atoms with E-state index in [1.165, 1.54) is 0 Å². The molecule has 29 heavy (non-hydrogen) atoms. The van der Waals surface area contributed by atoms with Crippen molar-refractivity contribution in [2.75, 3.05) is 40.3 Å². The van der Waals surface area contributed by atoms with Gasteiger partial charge < -0.3 is 14.5 Å². The molecule has 0 aromatic heterocycles. The van der Waals surface area contributed by atoms with Crippen LogP contribution in [-0.2, 0) is 14.8 Å². The molecule has 8 heteroatoms. The van der Waals surface area contributed by atoms with Gasteiger partial charge in [-0.3, -0.25) is 4.79 Å². The molecule has 1 aromatic carbocycles. The molecular formula is C21H33N3O4S. The van der Waals surface area contributed by atoms with Crippen LogP contribution in [0.15, 0.2) is 29.2 Å². The molecule has 0 aliphatic carbocycles. The minimum Gasteiger partial charge on any atom is -0.487 e. The largest absolute Gasteiger partial charge is 0.487 e. The number of nitrogens with zero attached hydrogens (tertiary/aromatic N) is 3. The maximum Gasteiger partial charge on any atom is 0.247 e. The van der Waals surface area contributed by atoms with Gasteiger partial charge in [0.25, 0.3) is 0 Å². The van der Waals surface area contributed by atoms with Crippen LogP contribution in [0.5, 0.6) is 5.75 Å². The molecule has 1 aromatic rings. The molecule has 1 amide bonds. The lowest BCUT2D eigenvalue weighted by Crippen LogP contribution is -2.47. The van der Waals surface area contributed by atoms with Crippen molar-refractivity contribution in [1.29, 1.82) is 0 Å². The molecule has 1 fully saturated rings. The molecule has 0 saturated carbocycles. The molecule has 2 atom stereocenters. The number of sulfonamides is 1. The first kappa shape index (κ1) is 22.1. The third-order valence-corrected chi connectivity index (χ3v) is 7.59. The van der Waals surface area contributed by atoms with E-state index < -0.39 is 10.0 Å². The molecule has 2 aliphatic rings. The summed E-state index contributed by atoms with van der Waals surface area (Å²) in [6, 6.07) is 6.63. The monoisotopic (exact) mass is 423 g/mol. The van der Waals surface area contributed by atoms with Crippen LogP contribution in [-0.4, -0.2) is 80.9 Å². The number of likely N-dealkylation sites (tertiary alicyclic amines) is 1. The first-order chi connectivity index (χ1) is 13.7. The third kappa shape index (κ3) is 4.92. The molecule has 2 heterocycles. The quantitative estimate of drug-likeness (QED) is 0.725. The van der Waals surface area contributed by atoms with Crippen molar-refractivity contribution in [3.63, 3.8) is 0 Å². The summed E-state index contributed by atoms with van der Waals surface area (Å²) in [5, 5.41) is 0. The molecule has 2 aliphatic heterocycles. The average molecular weight is 424 g/mol. The lowest BCUT2D eigenvalue weighted by atomic mass is 10.0. The number of carbonyl (C=O) groups is 1. The molecule has 1 saturated heterocycles. The Morgan fingerprint density at radius 3 is 2.59 bits per heavy atom. The normalized spacial score (nSPS) is 24.4. The van der Waals surface area contributed by atoms with Gasteiger partial charge in [-0.15, -0.1) is 0 Å². The van der Waals surface area contributed by atoms with Gasteiger partial charge >= 0.3 is 0 Å². The van der Waals surface area contributed by atoms with Crippen molar-refractivity contribution >= 4 is 15.9 Å². The molecule has 0 unspecified atom stereocenters. The minimum atomic E-state index is -3.66. The van der Waals surface area contributed by atoms with Crippen molar-refractivity contribution < 1.29 is 17.9 Å². The van der Waals surface area contributed by atoms with Gasteiger partial charge in [0.1, 0.15) is 16.7 Å². The maximum atomic E-state index is 13.5. The molecule has 3 rings (SSSR count). The summed E-state index contributed by atoms with van der Waals surface area (Å²) in [4.78, 5) is 16.5. The van der Waals surface area contributed by atoms with Crippen LogP contribution in [0.1, 0.15) is 33.1 Å². The summed E-state index contributed by atoms with van der Waals surface area (Å²) in [6.45, 7) is 6.14. The predicted molar refractivity (Wildman–Crippen MR) is 112 cm³/mol. The van der Waals surface area contributed by atoms with Crippen molar-refractivity contribution in [3.05, 3.63) is 24.3 Å². The average Bonchev–Trinajstić information content (AvgIpc) is 2.88. The van der Waals surface area contributed by atoms with Gasteiger partial charge in [0.05, 0.1) is 12.6 Å². The first-order valence-corrected chi connectivity index (χ1v) is 11.8. The second-order valence-corrected chi connectivity index (χ2v) is 10.5. The van der Waals surface area contributed by atoms with E-state index >= 15 is 0 Å². The number of hydrogen-bond acceptors (Lipinski definition) is 5. The Labute approximate surface area is 174 Å². The number of benzene rings is 1. The Hall–Kier alpha value is -1.64. The molecule has 0 bridgehead atoms. The van der Waals surface area contributed by atoms with Crippen molar-refractivity contribution in [3.8, 4) is 5.75 Å². The third-order valence-electron chi connectivity index (χ3n) is 5.62. The van der Waals surface area contributed by atoms with E-state index in [4.69, 9.17) is 4.74 Å². The van der Waals surface area contributed by atoms with Gasteiger partial charge in [0.2, 0.25) is 15.9 Å². The van der Waals surface area contributed by atoms with Gasteiger partial charge in [-0.1, -0.05) is 26.0 Å².